The minimum atomic E-state index is -2.55. The molecule has 0 atom stereocenters. The number of aliphatic hydroxyl groups excluding tert-OH is 1. The van der Waals surface area contributed by atoms with E-state index in [1.807, 2.05) is 5.32 Å². The van der Waals surface area contributed by atoms with Gasteiger partial charge in [0.15, 0.2) is 0 Å². The molecule has 4 nitrogen and oxygen atoms in total. The summed E-state index contributed by atoms with van der Waals surface area (Å²) >= 11 is 0. The van der Waals surface area contributed by atoms with Crippen LogP contribution >= 0.6 is 0 Å². The second-order valence-corrected chi connectivity index (χ2v) is 1.75. The van der Waals surface area contributed by atoms with Gasteiger partial charge in [-0.05, 0) is 0 Å². The monoisotopic (exact) mass is 168 g/mol. The van der Waals surface area contributed by atoms with Crippen molar-refractivity contribution in [2.45, 2.75) is 6.43 Å². The van der Waals surface area contributed by atoms with Gasteiger partial charge in [0.05, 0.1) is 13.2 Å². The first kappa shape index (κ1) is 10.1. The van der Waals surface area contributed by atoms with Crippen LogP contribution in [0.4, 0.5) is 13.6 Å². The summed E-state index contributed by atoms with van der Waals surface area (Å²) in [6.45, 7) is -0.811. The Balaban J connectivity index is 3.23. The van der Waals surface area contributed by atoms with E-state index < -0.39 is 19.0 Å². The molecule has 2 amide bonds. The molecule has 0 rings (SSSR count). The fourth-order valence-electron chi connectivity index (χ4n) is 0.402. The van der Waals surface area contributed by atoms with E-state index in [2.05, 4.69) is 5.32 Å². The van der Waals surface area contributed by atoms with Gasteiger partial charge in [-0.3, -0.25) is 0 Å². The standard InChI is InChI=1S/C5H10F2N2O2/c6-4(7)3-9-5(11)8-1-2-10/h4,10H,1-3H2,(H2,8,9,11). The van der Waals surface area contributed by atoms with E-state index in [9.17, 15) is 13.6 Å². The van der Waals surface area contributed by atoms with Gasteiger partial charge in [0.1, 0.15) is 0 Å². The number of alkyl halides is 2. The number of hydrogen-bond acceptors (Lipinski definition) is 2. The van der Waals surface area contributed by atoms with E-state index in [-0.39, 0.29) is 13.2 Å². The van der Waals surface area contributed by atoms with Crippen LogP contribution in [0, 0.1) is 0 Å². The maximum Gasteiger partial charge on any atom is 0.315 e. The lowest BCUT2D eigenvalue weighted by molar-refractivity contribution is 0.146. The summed E-state index contributed by atoms with van der Waals surface area (Å²) in [4.78, 5) is 10.4. The van der Waals surface area contributed by atoms with Crippen molar-refractivity contribution in [1.29, 1.82) is 0 Å². The fourth-order valence-corrected chi connectivity index (χ4v) is 0.402. The molecule has 0 saturated carbocycles. The Hall–Kier alpha value is -0.910. The van der Waals surface area contributed by atoms with Crippen LogP contribution in [0.1, 0.15) is 0 Å². The van der Waals surface area contributed by atoms with Gasteiger partial charge in [0, 0.05) is 6.54 Å². The molecule has 3 N–H and O–H groups in total. The summed E-state index contributed by atoms with van der Waals surface area (Å²) in [7, 11) is 0. The van der Waals surface area contributed by atoms with Gasteiger partial charge >= 0.3 is 6.03 Å². The van der Waals surface area contributed by atoms with Crippen LogP contribution in [0.15, 0.2) is 0 Å². The molecule has 0 radical (unpaired) electrons. The van der Waals surface area contributed by atoms with E-state index in [1.54, 1.807) is 0 Å². The number of nitrogens with one attached hydrogen (secondary N) is 2. The number of aliphatic hydroxyl groups is 1. The molecule has 6 heteroatoms. The highest BCUT2D eigenvalue weighted by Crippen LogP contribution is 1.86. The van der Waals surface area contributed by atoms with E-state index in [4.69, 9.17) is 5.11 Å². The van der Waals surface area contributed by atoms with Gasteiger partial charge in [-0.15, -0.1) is 0 Å². The Morgan fingerprint density at radius 1 is 1.45 bits per heavy atom. The van der Waals surface area contributed by atoms with Crippen LogP contribution in [-0.2, 0) is 0 Å². The van der Waals surface area contributed by atoms with Gasteiger partial charge in [0.25, 0.3) is 6.43 Å². The van der Waals surface area contributed by atoms with Crippen molar-refractivity contribution in [1.82, 2.24) is 10.6 Å². The van der Waals surface area contributed by atoms with Crippen LogP contribution in [-0.4, -0.2) is 37.3 Å². The maximum atomic E-state index is 11.4. The molecule has 11 heavy (non-hydrogen) atoms. The van der Waals surface area contributed by atoms with E-state index in [1.165, 1.54) is 0 Å². The third kappa shape index (κ3) is 6.98. The largest absolute Gasteiger partial charge is 0.395 e. The van der Waals surface area contributed by atoms with Crippen LogP contribution in [0.3, 0.4) is 0 Å². The highest BCUT2D eigenvalue weighted by atomic mass is 19.3. The quantitative estimate of drug-likeness (QED) is 0.532. The number of carbonyl (C=O) groups excluding carboxylic acids is 1. The van der Waals surface area contributed by atoms with Crippen LogP contribution < -0.4 is 10.6 Å². The Morgan fingerprint density at radius 2 is 2.09 bits per heavy atom. The second-order valence-electron chi connectivity index (χ2n) is 1.75. The minimum absolute atomic E-state index is 0.0646. The highest BCUT2D eigenvalue weighted by molar-refractivity contribution is 5.73. The van der Waals surface area contributed by atoms with E-state index in [0.29, 0.717) is 0 Å². The Bertz CT molecular complexity index is 121. The molecule has 66 valence electrons. The zero-order valence-corrected chi connectivity index (χ0v) is 5.81. The Labute approximate surface area is 62.6 Å². The van der Waals surface area contributed by atoms with Gasteiger partial charge in [-0.25, -0.2) is 13.6 Å². The fraction of sp³-hybridized carbons (Fsp3) is 0.800. The predicted octanol–water partition coefficient (Wildman–Crippen LogP) is -0.457. The number of halogens is 2. The normalized spacial score (nSPS) is 9.82. The van der Waals surface area contributed by atoms with Crippen LogP contribution in [0.5, 0.6) is 0 Å². The van der Waals surface area contributed by atoms with Crippen LogP contribution in [0.25, 0.3) is 0 Å². The SMILES string of the molecule is O=C(NCCO)NCC(F)F. The first-order valence-electron chi connectivity index (χ1n) is 3.07. The number of carbonyl (C=O) groups is 1. The maximum absolute atomic E-state index is 11.4. The van der Waals surface area contributed by atoms with Crippen molar-refractivity contribution in [3.8, 4) is 0 Å². The molecule has 0 aliphatic heterocycles. The van der Waals surface area contributed by atoms with Crippen molar-refractivity contribution in [2.75, 3.05) is 19.7 Å². The van der Waals surface area contributed by atoms with Crippen molar-refractivity contribution >= 4 is 6.03 Å². The Kier molecular flexibility index (Phi) is 5.36. The summed E-state index contributed by atoms with van der Waals surface area (Å²) in [5.74, 6) is 0. The molecule has 0 aliphatic rings. The zero-order valence-electron chi connectivity index (χ0n) is 5.81. The third-order valence-electron chi connectivity index (χ3n) is 0.814. The molecule has 0 spiro atoms. The molecule has 0 bridgehead atoms. The number of hydrogen-bond donors (Lipinski definition) is 3. The molecule has 0 aliphatic carbocycles. The summed E-state index contributed by atoms with van der Waals surface area (Å²) in [6.07, 6.45) is -2.55. The van der Waals surface area contributed by atoms with Gasteiger partial charge in [0.2, 0.25) is 0 Å². The molecule has 0 fully saturated rings. The molecule has 0 saturated heterocycles. The average molecular weight is 168 g/mol. The van der Waals surface area contributed by atoms with E-state index >= 15 is 0 Å². The lowest BCUT2D eigenvalue weighted by Crippen LogP contribution is -2.39. The first-order valence-corrected chi connectivity index (χ1v) is 3.07. The minimum Gasteiger partial charge on any atom is -0.395 e. The Morgan fingerprint density at radius 3 is 2.55 bits per heavy atom. The third-order valence-corrected chi connectivity index (χ3v) is 0.814. The van der Waals surface area contributed by atoms with Crippen molar-refractivity contribution in [3.63, 3.8) is 0 Å². The summed E-state index contributed by atoms with van der Waals surface area (Å²) < 4.78 is 22.9. The topological polar surface area (TPSA) is 61.4 Å². The molecule has 0 unspecified atom stereocenters. The van der Waals surface area contributed by atoms with Crippen molar-refractivity contribution in [3.05, 3.63) is 0 Å². The molecule has 0 aromatic carbocycles. The molecule has 0 heterocycles. The van der Waals surface area contributed by atoms with Crippen LogP contribution in [0.2, 0.25) is 0 Å². The van der Waals surface area contributed by atoms with Crippen molar-refractivity contribution < 1.29 is 18.7 Å². The van der Waals surface area contributed by atoms with E-state index in [0.717, 1.165) is 0 Å². The molecule has 0 aromatic heterocycles. The summed E-state index contributed by atoms with van der Waals surface area (Å²) in [5.41, 5.74) is 0. The molecular formula is C5H10F2N2O2. The highest BCUT2D eigenvalue weighted by Gasteiger charge is 2.04. The average Bonchev–Trinajstić information content (AvgIpc) is 1.97. The molecular weight excluding hydrogens is 158 g/mol. The lowest BCUT2D eigenvalue weighted by Gasteiger charge is -2.04. The van der Waals surface area contributed by atoms with Crippen molar-refractivity contribution in [2.24, 2.45) is 0 Å². The predicted molar refractivity (Wildman–Crippen MR) is 34.5 cm³/mol. The summed E-state index contributed by atoms with van der Waals surface area (Å²) in [5, 5.41) is 12.3. The number of urea groups is 1. The molecule has 0 aromatic rings. The first-order chi connectivity index (χ1) is 5.16. The summed E-state index contributed by atoms with van der Waals surface area (Å²) in [6, 6.07) is -0.695. The second kappa shape index (κ2) is 5.84. The zero-order chi connectivity index (χ0) is 8.69. The van der Waals surface area contributed by atoms with Gasteiger partial charge < -0.3 is 15.7 Å². The van der Waals surface area contributed by atoms with Gasteiger partial charge in [-0.1, -0.05) is 0 Å². The number of amides is 2. The smallest absolute Gasteiger partial charge is 0.315 e. The lowest BCUT2D eigenvalue weighted by atomic mass is 10.6. The van der Waals surface area contributed by atoms with Gasteiger partial charge in [-0.2, -0.15) is 0 Å². The number of rotatable bonds is 4.